The van der Waals surface area contributed by atoms with Crippen LogP contribution in [-0.4, -0.2) is 321 Å². The van der Waals surface area contributed by atoms with E-state index in [1.165, 1.54) is 20.8 Å². The zero-order chi connectivity index (χ0) is 74.4. The number of amides is 3. The van der Waals surface area contributed by atoms with Crippen molar-refractivity contribution in [1.82, 2.24) is 16.0 Å². The highest BCUT2D eigenvalue weighted by atomic mass is 32.5. The SMILES string of the molecule is COP(=O)(O)OCCCCOCC(COCCCOP(O)(=S)OCCCCO[C@@H]1OC(CO)[C@H](O)[C@H](O)C1NC(C)=O)(COCCCOP(O)(=S)OCCCCO[C@@H]1OC(CO)[C@H](O)[C@H](O)C1NC(C)=O)COCCCOP(O)(=S)OCCCCO[C@@H]1OC(CO)[C@H](O)[C@H](O)C1NC(C)=O. The molecule has 3 rings (SSSR count). The van der Waals surface area contributed by atoms with E-state index in [1.54, 1.807) is 0 Å². The van der Waals surface area contributed by atoms with Crippen LogP contribution in [-0.2, 0) is 138 Å². The van der Waals surface area contributed by atoms with Crippen molar-refractivity contribution in [2.45, 2.75) is 183 Å². The molecule has 16 N–H and O–H groups in total. The molecule has 0 radical (unpaired) electrons. The van der Waals surface area contributed by atoms with Crippen LogP contribution in [0.3, 0.4) is 0 Å². The van der Waals surface area contributed by atoms with E-state index < -0.39 is 163 Å². The Morgan fingerprint density at radius 2 is 0.610 bits per heavy atom. The summed E-state index contributed by atoms with van der Waals surface area (Å²) in [5, 5.41) is 98.6. The third kappa shape index (κ3) is 37.4. The van der Waals surface area contributed by atoms with Crippen LogP contribution in [0.25, 0.3) is 0 Å². The maximum atomic E-state index is 11.8. The maximum Gasteiger partial charge on any atom is 0.471 e. The lowest BCUT2D eigenvalue weighted by molar-refractivity contribution is -0.270. The molecule has 590 valence electrons. The van der Waals surface area contributed by atoms with Crippen LogP contribution in [0, 0.1) is 5.41 Å². The molecule has 0 saturated carbocycles. The first-order chi connectivity index (χ1) is 47.3. The smallest absolute Gasteiger partial charge is 0.394 e. The van der Waals surface area contributed by atoms with Crippen molar-refractivity contribution in [1.29, 1.82) is 0 Å². The molecule has 0 aromatic carbocycles. The van der Waals surface area contributed by atoms with Gasteiger partial charge in [-0.15, -0.1) is 0 Å². The van der Waals surface area contributed by atoms with E-state index in [1.807, 2.05) is 0 Å². The maximum absolute atomic E-state index is 11.8. The van der Waals surface area contributed by atoms with Crippen LogP contribution in [0.1, 0.15) is 91.4 Å². The number of aliphatic hydroxyl groups excluding tert-OH is 9. The molecule has 0 aliphatic carbocycles. The number of phosphoric ester groups is 1. The van der Waals surface area contributed by atoms with Gasteiger partial charge in [0.1, 0.15) is 73.1 Å². The summed E-state index contributed by atoms with van der Waals surface area (Å²) in [6, 6.07) is -3.35. The van der Waals surface area contributed by atoms with E-state index in [0.29, 0.717) is 51.4 Å². The highest BCUT2D eigenvalue weighted by Gasteiger charge is 2.48. The molecule has 19 atom stereocenters. The average Bonchev–Trinajstić information content (AvgIpc) is 0.822. The molecule has 38 nitrogen and oxygen atoms in total. The normalized spacial score (nSPS) is 28.8. The molecular formula is C55H107N3O35P4S3. The summed E-state index contributed by atoms with van der Waals surface area (Å²) in [4.78, 5) is 77.3. The first-order valence-electron chi connectivity index (χ1n) is 32.6. The van der Waals surface area contributed by atoms with E-state index in [-0.39, 0.29) is 138 Å². The van der Waals surface area contributed by atoms with Crippen molar-refractivity contribution in [3.63, 3.8) is 0 Å². The lowest BCUT2D eigenvalue weighted by Crippen LogP contribution is -2.64. The van der Waals surface area contributed by atoms with Crippen LogP contribution >= 0.6 is 28.0 Å². The minimum atomic E-state index is -4.21. The predicted molar refractivity (Wildman–Crippen MR) is 358 cm³/mol. The molecule has 0 spiro atoms. The highest BCUT2D eigenvalue weighted by Crippen LogP contribution is 2.46. The number of phosphoric acid groups is 1. The summed E-state index contributed by atoms with van der Waals surface area (Å²) in [5.74, 6) is -1.52. The Kier molecular flexibility index (Phi) is 46.9. The number of hydrogen-bond acceptors (Lipinski definition) is 34. The minimum absolute atomic E-state index is 0.0235. The zero-order valence-electron chi connectivity index (χ0n) is 56.6. The number of rotatable bonds is 57. The van der Waals surface area contributed by atoms with Crippen molar-refractivity contribution >= 4 is 81.1 Å². The highest BCUT2D eigenvalue weighted by molar-refractivity contribution is 8.07. The standard InChI is InChI=1S/C55H107N3O35P4S3/c1-37(62)56-43-49(68)46(65)40(30-59)91-52(43)81-20-6-10-24-85-95(73,98)88-27-13-17-78-34-55(33-77-16-5-9-23-84-94(71,72)76-4,35-79-18-14-28-89-96(74,99)86-25-11-7-21-82-53-44(57-38(2)63)50(69)47(66)41(31-60)92-53)36-80-19-15-29-90-97(75,100)87-26-12-8-22-83-54-45(58-39(3)64)51(70)48(67)42(32-61)93-54/h40-54,59-61,65-70H,5-36H2,1-4H3,(H,56,62)(H,57,63)(H,58,64)(H,71,72)(H,73,98)(H,74,99)(H,75,100)/t40?,41?,42?,43?,44?,45?,46-,47-,48-,49+,50+,51+,52+,53+,54+,55?,95?,96?,97?/m0/s1. The molecule has 3 saturated heterocycles. The molecule has 0 aromatic heterocycles. The summed E-state index contributed by atoms with van der Waals surface area (Å²) >= 11 is 15.6. The Morgan fingerprint density at radius 1 is 0.380 bits per heavy atom. The quantitative estimate of drug-likeness (QED) is 0.0225. The second-order valence-corrected chi connectivity index (χ2v) is 33.5. The lowest BCUT2D eigenvalue weighted by atomic mass is 9.92. The average molecular weight is 1590 g/mol. The Bertz CT molecular complexity index is 2260. The molecule has 0 bridgehead atoms. The number of ether oxygens (including phenoxy) is 10. The number of aliphatic hydroxyl groups is 9. The fourth-order valence-corrected chi connectivity index (χ4v) is 13.9. The summed E-state index contributed by atoms with van der Waals surface area (Å²) in [6.07, 6.45) is -12.5. The summed E-state index contributed by atoms with van der Waals surface area (Å²) in [5.41, 5.74) is -1.05. The zero-order valence-corrected chi connectivity index (χ0v) is 62.6. The third-order valence-electron chi connectivity index (χ3n) is 14.8. The van der Waals surface area contributed by atoms with E-state index in [2.05, 4.69) is 20.5 Å². The Balaban J connectivity index is 1.58. The van der Waals surface area contributed by atoms with Gasteiger partial charge in [-0.3, -0.25) is 23.4 Å². The molecule has 100 heavy (non-hydrogen) atoms. The Morgan fingerprint density at radius 3 is 0.860 bits per heavy atom. The van der Waals surface area contributed by atoms with Crippen molar-refractivity contribution < 1.29 is 168 Å². The van der Waals surface area contributed by atoms with Gasteiger partial charge in [0.2, 0.25) is 17.7 Å². The van der Waals surface area contributed by atoms with Gasteiger partial charge < -0.3 is 156 Å². The second-order valence-electron chi connectivity index (χ2n) is 23.4. The number of carbonyl (C=O) groups is 3. The number of unbranched alkanes of at least 4 members (excludes halogenated alkanes) is 4. The Labute approximate surface area is 597 Å². The molecule has 3 heterocycles. The van der Waals surface area contributed by atoms with Gasteiger partial charge in [-0.2, -0.15) is 0 Å². The van der Waals surface area contributed by atoms with Gasteiger partial charge in [0, 0.05) is 74.1 Å². The van der Waals surface area contributed by atoms with E-state index >= 15 is 0 Å². The monoisotopic (exact) mass is 1590 g/mol. The molecule has 0 aromatic rings. The fourth-order valence-electron chi connectivity index (χ4n) is 9.67. The van der Waals surface area contributed by atoms with Crippen LogP contribution in [0.5, 0.6) is 0 Å². The molecule has 3 aliphatic rings. The lowest BCUT2D eigenvalue weighted by Gasteiger charge is -2.42. The second kappa shape index (κ2) is 50.1. The van der Waals surface area contributed by atoms with Crippen LogP contribution < -0.4 is 16.0 Å². The number of nitrogens with one attached hydrogen (secondary N) is 3. The number of hydrogen-bond donors (Lipinski definition) is 16. The van der Waals surface area contributed by atoms with Gasteiger partial charge in [-0.25, -0.2) is 4.57 Å². The minimum Gasteiger partial charge on any atom is -0.394 e. The summed E-state index contributed by atoms with van der Waals surface area (Å²) in [6.45, 7) is -9.57. The number of carbonyl (C=O) groups excluding carboxylic acids is 3. The molecule has 3 fully saturated rings. The molecule has 45 heteroatoms. The fraction of sp³-hybridized carbons (Fsp3) is 0.945. The van der Waals surface area contributed by atoms with E-state index in [4.69, 9.17) is 114 Å². The van der Waals surface area contributed by atoms with Crippen LogP contribution in [0.15, 0.2) is 0 Å². The Hall–Kier alpha value is -0.650. The summed E-state index contributed by atoms with van der Waals surface area (Å²) < 4.78 is 113. The van der Waals surface area contributed by atoms with Crippen LogP contribution in [0.4, 0.5) is 0 Å². The first-order valence-corrected chi connectivity index (χ1v) is 41.8. The molecule has 3 aliphatic heterocycles. The molecule has 10 unspecified atom stereocenters. The van der Waals surface area contributed by atoms with Crippen LogP contribution in [0.2, 0.25) is 0 Å². The van der Waals surface area contributed by atoms with Crippen molar-refractivity contribution in [2.24, 2.45) is 5.41 Å². The van der Waals surface area contributed by atoms with Crippen molar-refractivity contribution in [3.05, 3.63) is 0 Å². The van der Waals surface area contributed by atoms with Gasteiger partial charge in [-0.05, 0) is 106 Å². The van der Waals surface area contributed by atoms with Gasteiger partial charge in [0.25, 0.3) is 0 Å². The largest absolute Gasteiger partial charge is 0.471 e. The van der Waals surface area contributed by atoms with E-state index in [9.17, 15) is 84.5 Å². The van der Waals surface area contributed by atoms with Gasteiger partial charge in [0.15, 0.2) is 18.9 Å². The van der Waals surface area contributed by atoms with Crippen molar-refractivity contribution in [3.8, 4) is 0 Å². The van der Waals surface area contributed by atoms with Gasteiger partial charge in [0.05, 0.1) is 97.9 Å². The van der Waals surface area contributed by atoms with E-state index in [0.717, 1.165) is 7.11 Å². The molecule has 3 amide bonds. The third-order valence-corrected chi connectivity index (χ3v) is 20.8. The molecular weight excluding hydrogens is 1480 g/mol. The topological polar surface area (TPSA) is 534 Å². The summed E-state index contributed by atoms with van der Waals surface area (Å²) in [7, 11) is -3.17. The van der Waals surface area contributed by atoms with Crippen molar-refractivity contribution in [2.75, 3.05) is 146 Å². The van der Waals surface area contributed by atoms with Gasteiger partial charge >= 0.3 is 28.0 Å². The van der Waals surface area contributed by atoms with Gasteiger partial charge in [-0.1, -0.05) is 0 Å². The first kappa shape index (κ1) is 93.6. The predicted octanol–water partition coefficient (Wildman–Crippen LogP) is -2.28.